The Morgan fingerprint density at radius 3 is 2.77 bits per heavy atom. The van der Waals surface area contributed by atoms with Gasteiger partial charge < -0.3 is 0 Å². The Bertz CT molecular complexity index is 769. The van der Waals surface area contributed by atoms with Crippen molar-refractivity contribution in [1.29, 1.82) is 0 Å². The minimum absolute atomic E-state index is 0.139. The van der Waals surface area contributed by atoms with E-state index in [0.29, 0.717) is 12.1 Å². The molecule has 3 aromatic rings. The average Bonchev–Trinajstić information content (AvgIpc) is 2.93. The number of para-hydroxylation sites is 1. The molecule has 114 valence electrons. The van der Waals surface area contributed by atoms with Crippen LogP contribution in [0.4, 0.5) is 4.39 Å². The third-order valence-corrected chi connectivity index (χ3v) is 5.46. The molecule has 1 atom stereocenters. The van der Waals surface area contributed by atoms with Crippen LogP contribution in [-0.2, 0) is 6.54 Å². The van der Waals surface area contributed by atoms with Gasteiger partial charge in [-0.1, -0.05) is 34.1 Å². The highest BCUT2D eigenvalue weighted by molar-refractivity contribution is 9.10. The summed E-state index contributed by atoms with van der Waals surface area (Å²) in [5, 5.41) is 1.06. The lowest BCUT2D eigenvalue weighted by molar-refractivity contribution is 0.249. The molecule has 2 aromatic carbocycles. The summed E-state index contributed by atoms with van der Waals surface area (Å²) in [5.41, 5.74) is 1.72. The second-order valence-electron chi connectivity index (χ2n) is 5.35. The van der Waals surface area contributed by atoms with Crippen LogP contribution in [0.25, 0.3) is 10.2 Å². The zero-order valence-electron chi connectivity index (χ0n) is 12.4. The molecular formula is C17H16BrFN2S. The van der Waals surface area contributed by atoms with E-state index in [1.807, 2.05) is 37.4 Å². The minimum atomic E-state index is -0.183. The van der Waals surface area contributed by atoms with Crippen LogP contribution < -0.4 is 0 Å². The van der Waals surface area contributed by atoms with Crippen molar-refractivity contribution in [3.05, 3.63) is 63.3 Å². The van der Waals surface area contributed by atoms with E-state index in [1.165, 1.54) is 10.8 Å². The van der Waals surface area contributed by atoms with Crippen LogP contribution in [0.1, 0.15) is 23.5 Å². The lowest BCUT2D eigenvalue weighted by atomic mass is 10.2. The first kappa shape index (κ1) is 15.6. The van der Waals surface area contributed by atoms with Gasteiger partial charge in [-0.25, -0.2) is 9.37 Å². The zero-order chi connectivity index (χ0) is 15.7. The molecule has 0 aliphatic carbocycles. The molecule has 0 radical (unpaired) electrons. The van der Waals surface area contributed by atoms with Crippen molar-refractivity contribution in [2.75, 3.05) is 7.05 Å². The van der Waals surface area contributed by atoms with Gasteiger partial charge in [0.1, 0.15) is 10.8 Å². The number of hydrogen-bond donors (Lipinski definition) is 0. The van der Waals surface area contributed by atoms with Gasteiger partial charge in [0.15, 0.2) is 0 Å². The standard InChI is InChI=1S/C17H16BrFN2S/c1-11(17-20-15-5-3-4-6-16(15)22-17)21(2)10-12-7-8-13(18)9-14(12)19/h3-9,11H,10H2,1-2H3/t11-/m0/s1. The third kappa shape index (κ3) is 3.21. The Morgan fingerprint density at radius 1 is 1.27 bits per heavy atom. The average molecular weight is 379 g/mol. The maximum atomic E-state index is 14.0. The number of halogens is 2. The normalized spacial score (nSPS) is 13.0. The topological polar surface area (TPSA) is 16.1 Å². The van der Waals surface area contributed by atoms with Gasteiger partial charge in [-0.2, -0.15) is 0 Å². The molecule has 1 aromatic heterocycles. The Kier molecular flexibility index (Phi) is 4.57. The summed E-state index contributed by atoms with van der Waals surface area (Å²) in [7, 11) is 2.00. The fraction of sp³-hybridized carbons (Fsp3) is 0.235. The molecule has 2 nitrogen and oxygen atoms in total. The number of rotatable bonds is 4. The molecule has 0 aliphatic heterocycles. The van der Waals surface area contributed by atoms with Crippen LogP contribution in [0.2, 0.25) is 0 Å². The molecule has 0 unspecified atom stereocenters. The van der Waals surface area contributed by atoms with Gasteiger partial charge >= 0.3 is 0 Å². The van der Waals surface area contributed by atoms with Gasteiger partial charge in [-0.3, -0.25) is 4.90 Å². The van der Waals surface area contributed by atoms with Crippen LogP contribution in [0, 0.1) is 5.82 Å². The molecule has 22 heavy (non-hydrogen) atoms. The van der Waals surface area contributed by atoms with Crippen LogP contribution in [0.5, 0.6) is 0 Å². The van der Waals surface area contributed by atoms with Gasteiger partial charge in [0, 0.05) is 16.6 Å². The van der Waals surface area contributed by atoms with E-state index in [4.69, 9.17) is 0 Å². The number of aromatic nitrogens is 1. The van der Waals surface area contributed by atoms with Crippen LogP contribution in [-0.4, -0.2) is 16.9 Å². The molecule has 0 saturated heterocycles. The highest BCUT2D eigenvalue weighted by Crippen LogP contribution is 2.29. The van der Waals surface area contributed by atoms with Crippen molar-refractivity contribution in [2.45, 2.75) is 19.5 Å². The number of thiazole rings is 1. The molecule has 0 N–H and O–H groups in total. The second kappa shape index (κ2) is 6.44. The minimum Gasteiger partial charge on any atom is -0.293 e. The summed E-state index contributed by atoms with van der Waals surface area (Å²) in [6.07, 6.45) is 0. The summed E-state index contributed by atoms with van der Waals surface area (Å²) >= 11 is 4.98. The van der Waals surface area contributed by atoms with Crippen molar-refractivity contribution in [2.24, 2.45) is 0 Å². The number of fused-ring (bicyclic) bond motifs is 1. The fourth-order valence-corrected chi connectivity index (χ4v) is 3.73. The summed E-state index contributed by atoms with van der Waals surface area (Å²) < 4.78 is 15.9. The predicted octanol–water partition coefficient (Wildman–Crippen LogP) is 5.39. The molecule has 0 amide bonds. The van der Waals surface area contributed by atoms with Crippen LogP contribution in [0.3, 0.4) is 0 Å². The van der Waals surface area contributed by atoms with E-state index < -0.39 is 0 Å². The van der Waals surface area contributed by atoms with E-state index in [1.54, 1.807) is 11.3 Å². The number of benzene rings is 2. The van der Waals surface area contributed by atoms with Crippen LogP contribution in [0.15, 0.2) is 46.9 Å². The highest BCUT2D eigenvalue weighted by atomic mass is 79.9. The summed E-state index contributed by atoms with van der Waals surface area (Å²) in [5.74, 6) is -0.183. The van der Waals surface area contributed by atoms with Gasteiger partial charge in [0.05, 0.1) is 16.3 Å². The molecule has 3 rings (SSSR count). The van der Waals surface area contributed by atoms with E-state index >= 15 is 0 Å². The molecule has 5 heteroatoms. The molecule has 0 spiro atoms. The van der Waals surface area contributed by atoms with Crippen molar-refractivity contribution in [3.63, 3.8) is 0 Å². The maximum Gasteiger partial charge on any atom is 0.128 e. The van der Waals surface area contributed by atoms with Gasteiger partial charge in [0.2, 0.25) is 0 Å². The first-order chi connectivity index (χ1) is 10.5. The molecular weight excluding hydrogens is 363 g/mol. The Morgan fingerprint density at radius 2 is 2.05 bits per heavy atom. The zero-order valence-corrected chi connectivity index (χ0v) is 14.8. The lowest BCUT2D eigenvalue weighted by Gasteiger charge is -2.23. The van der Waals surface area contributed by atoms with Crippen molar-refractivity contribution < 1.29 is 4.39 Å². The Hall–Kier alpha value is -1.30. The number of hydrogen-bond acceptors (Lipinski definition) is 3. The number of nitrogens with zero attached hydrogens (tertiary/aromatic N) is 2. The first-order valence-corrected chi connectivity index (χ1v) is 8.65. The predicted molar refractivity (Wildman–Crippen MR) is 93.6 cm³/mol. The van der Waals surface area contributed by atoms with Gasteiger partial charge in [0.25, 0.3) is 0 Å². The van der Waals surface area contributed by atoms with E-state index in [2.05, 4.69) is 38.8 Å². The second-order valence-corrected chi connectivity index (χ2v) is 7.32. The molecule has 0 fully saturated rings. The lowest BCUT2D eigenvalue weighted by Crippen LogP contribution is -2.22. The van der Waals surface area contributed by atoms with E-state index in [0.717, 1.165) is 15.0 Å². The van der Waals surface area contributed by atoms with Crippen molar-refractivity contribution in [3.8, 4) is 0 Å². The smallest absolute Gasteiger partial charge is 0.128 e. The first-order valence-electron chi connectivity index (χ1n) is 7.04. The Labute approximate surface area is 141 Å². The van der Waals surface area contributed by atoms with Gasteiger partial charge in [-0.15, -0.1) is 11.3 Å². The molecule has 1 heterocycles. The summed E-state index contributed by atoms with van der Waals surface area (Å²) in [6, 6.07) is 13.5. The largest absolute Gasteiger partial charge is 0.293 e. The summed E-state index contributed by atoms with van der Waals surface area (Å²) in [6.45, 7) is 2.66. The SMILES string of the molecule is C[C@@H](c1nc2ccccc2s1)N(C)Cc1ccc(Br)cc1F. The van der Waals surface area contributed by atoms with E-state index in [-0.39, 0.29) is 11.9 Å². The third-order valence-electron chi connectivity index (χ3n) is 3.76. The fourth-order valence-electron chi connectivity index (χ4n) is 2.31. The van der Waals surface area contributed by atoms with Crippen molar-refractivity contribution in [1.82, 2.24) is 9.88 Å². The van der Waals surface area contributed by atoms with Crippen molar-refractivity contribution >= 4 is 37.5 Å². The quantitative estimate of drug-likeness (QED) is 0.604. The van der Waals surface area contributed by atoms with Crippen LogP contribution >= 0.6 is 27.3 Å². The molecule has 0 bridgehead atoms. The highest BCUT2D eigenvalue weighted by Gasteiger charge is 2.17. The summed E-state index contributed by atoms with van der Waals surface area (Å²) in [4.78, 5) is 6.80. The molecule has 0 aliphatic rings. The van der Waals surface area contributed by atoms with Gasteiger partial charge in [-0.05, 0) is 38.2 Å². The van der Waals surface area contributed by atoms with E-state index in [9.17, 15) is 4.39 Å². The Balaban J connectivity index is 1.80. The molecule has 0 saturated carbocycles. The maximum absolute atomic E-state index is 14.0. The monoisotopic (exact) mass is 378 g/mol.